The Bertz CT molecular complexity index is 766. The molecule has 0 heterocycles. The predicted molar refractivity (Wildman–Crippen MR) is 93.7 cm³/mol. The van der Waals surface area contributed by atoms with Gasteiger partial charge in [0.1, 0.15) is 11.7 Å². The summed E-state index contributed by atoms with van der Waals surface area (Å²) in [5.41, 5.74) is 1.32. The number of benzene rings is 2. The van der Waals surface area contributed by atoms with E-state index in [1.165, 1.54) is 13.2 Å². The van der Waals surface area contributed by atoms with Crippen molar-refractivity contribution < 1.29 is 19.4 Å². The van der Waals surface area contributed by atoms with Crippen LogP contribution in [0.1, 0.15) is 12.5 Å². The minimum atomic E-state index is -0.860. The van der Waals surface area contributed by atoms with E-state index >= 15 is 0 Å². The van der Waals surface area contributed by atoms with E-state index in [1.807, 2.05) is 13.0 Å². The summed E-state index contributed by atoms with van der Waals surface area (Å²) in [4.78, 5) is 12.3. The van der Waals surface area contributed by atoms with E-state index in [-0.39, 0.29) is 12.2 Å². The highest BCUT2D eigenvalue weighted by Crippen LogP contribution is 2.27. The van der Waals surface area contributed by atoms with E-state index in [0.717, 1.165) is 5.56 Å². The van der Waals surface area contributed by atoms with Crippen LogP contribution in [0.25, 0.3) is 0 Å². The predicted octanol–water partition coefficient (Wildman–Crippen LogP) is 3.12. The van der Waals surface area contributed by atoms with Crippen molar-refractivity contribution in [3.05, 3.63) is 48.0 Å². The number of nitrogens with one attached hydrogen (secondary N) is 1. The number of nitriles is 1. The van der Waals surface area contributed by atoms with Crippen molar-refractivity contribution >= 4 is 11.6 Å². The Labute approximate surface area is 146 Å². The smallest absolute Gasteiger partial charge is 0.242 e. The normalized spacial score (nSPS) is 11.2. The van der Waals surface area contributed by atoms with Crippen LogP contribution in [0.15, 0.2) is 42.5 Å². The summed E-state index contributed by atoms with van der Waals surface area (Å²) in [5, 5.41) is 21.7. The number of rotatable bonds is 7. The third kappa shape index (κ3) is 4.88. The molecule has 0 aliphatic rings. The molecular weight excluding hydrogens is 320 g/mol. The van der Waals surface area contributed by atoms with Crippen LogP contribution in [0, 0.1) is 17.2 Å². The summed E-state index contributed by atoms with van der Waals surface area (Å²) >= 11 is 0. The molecule has 130 valence electrons. The maximum absolute atomic E-state index is 12.3. The highest BCUT2D eigenvalue weighted by molar-refractivity contribution is 5.94. The summed E-state index contributed by atoms with van der Waals surface area (Å²) < 4.78 is 10.4. The van der Waals surface area contributed by atoms with Crippen LogP contribution < -0.4 is 14.8 Å². The monoisotopic (exact) mass is 340 g/mol. The summed E-state index contributed by atoms with van der Waals surface area (Å²) in [7, 11) is 1.44. The van der Waals surface area contributed by atoms with E-state index in [2.05, 4.69) is 5.32 Å². The first-order valence-electron chi connectivity index (χ1n) is 7.86. The Hall–Kier alpha value is -3.20. The lowest BCUT2D eigenvalue weighted by Crippen LogP contribution is -2.23. The molecule has 2 N–H and O–H groups in total. The van der Waals surface area contributed by atoms with Gasteiger partial charge in [-0.05, 0) is 55.3 Å². The number of hydrogen-bond donors (Lipinski definition) is 2. The average Bonchev–Trinajstić information content (AvgIpc) is 2.62. The minimum absolute atomic E-state index is 0.0126. The van der Waals surface area contributed by atoms with Gasteiger partial charge in [0.2, 0.25) is 5.91 Å². The van der Waals surface area contributed by atoms with Gasteiger partial charge in [0.15, 0.2) is 11.5 Å². The number of anilines is 1. The first-order valence-corrected chi connectivity index (χ1v) is 7.86. The quantitative estimate of drug-likeness (QED) is 0.808. The van der Waals surface area contributed by atoms with Crippen molar-refractivity contribution in [3.8, 4) is 23.3 Å². The second-order valence-electron chi connectivity index (χ2n) is 5.34. The second-order valence-corrected chi connectivity index (χ2v) is 5.34. The molecule has 2 aromatic rings. The van der Waals surface area contributed by atoms with E-state index in [9.17, 15) is 15.2 Å². The summed E-state index contributed by atoms with van der Waals surface area (Å²) in [6, 6.07) is 13.7. The van der Waals surface area contributed by atoms with E-state index < -0.39 is 11.8 Å². The number of phenols is 1. The molecule has 0 aliphatic carbocycles. The van der Waals surface area contributed by atoms with Gasteiger partial charge in [0.25, 0.3) is 0 Å². The SMILES string of the molecule is CCOc1ccc(NC(=O)C(C#N)Cc2ccc(O)c(OC)c2)cc1. The molecule has 2 aromatic carbocycles. The molecule has 6 nitrogen and oxygen atoms in total. The number of methoxy groups -OCH3 is 1. The van der Waals surface area contributed by atoms with E-state index in [0.29, 0.717) is 23.8 Å². The van der Waals surface area contributed by atoms with Gasteiger partial charge in [-0.25, -0.2) is 0 Å². The zero-order valence-corrected chi connectivity index (χ0v) is 14.2. The average molecular weight is 340 g/mol. The molecule has 0 radical (unpaired) electrons. The Morgan fingerprint density at radius 2 is 2.00 bits per heavy atom. The lowest BCUT2D eigenvalue weighted by Gasteiger charge is -2.12. The highest BCUT2D eigenvalue weighted by Gasteiger charge is 2.19. The summed E-state index contributed by atoms with van der Waals surface area (Å²) in [6.07, 6.45) is 0.218. The lowest BCUT2D eigenvalue weighted by molar-refractivity contribution is -0.118. The number of amides is 1. The number of hydrogen-bond acceptors (Lipinski definition) is 5. The maximum Gasteiger partial charge on any atom is 0.242 e. The lowest BCUT2D eigenvalue weighted by atomic mass is 9.99. The van der Waals surface area contributed by atoms with Crippen molar-refractivity contribution in [2.24, 2.45) is 5.92 Å². The Morgan fingerprint density at radius 3 is 2.60 bits per heavy atom. The Kier molecular flexibility index (Phi) is 6.24. The fourth-order valence-electron chi connectivity index (χ4n) is 2.31. The first-order chi connectivity index (χ1) is 12.1. The number of carbonyl (C=O) groups excluding carboxylic acids is 1. The van der Waals surface area contributed by atoms with Gasteiger partial charge in [-0.2, -0.15) is 5.26 Å². The van der Waals surface area contributed by atoms with Crippen LogP contribution >= 0.6 is 0 Å². The molecule has 25 heavy (non-hydrogen) atoms. The van der Waals surface area contributed by atoms with Crippen LogP contribution in [0.5, 0.6) is 17.2 Å². The van der Waals surface area contributed by atoms with Gasteiger partial charge in [-0.1, -0.05) is 6.07 Å². The van der Waals surface area contributed by atoms with Crippen LogP contribution in [-0.4, -0.2) is 24.7 Å². The standard InChI is InChI=1S/C19H20N2O4/c1-3-25-16-7-5-15(6-8-16)21-19(23)14(12-20)10-13-4-9-17(22)18(11-13)24-2/h4-9,11,14,22H,3,10H2,1-2H3,(H,21,23). The molecule has 0 aromatic heterocycles. The van der Waals surface area contributed by atoms with Gasteiger partial charge in [-0.15, -0.1) is 0 Å². The van der Waals surface area contributed by atoms with Gasteiger partial charge < -0.3 is 19.9 Å². The third-order valence-corrected chi connectivity index (χ3v) is 3.59. The summed E-state index contributed by atoms with van der Waals surface area (Å²) in [6.45, 7) is 2.46. The third-order valence-electron chi connectivity index (χ3n) is 3.59. The van der Waals surface area contributed by atoms with Crippen molar-refractivity contribution in [2.75, 3.05) is 19.0 Å². The topological polar surface area (TPSA) is 91.6 Å². The Balaban J connectivity index is 2.04. The van der Waals surface area contributed by atoms with Crippen LogP contribution in [0.3, 0.4) is 0 Å². The molecular formula is C19H20N2O4. The molecule has 0 spiro atoms. The molecule has 0 fully saturated rings. The summed E-state index contributed by atoms with van der Waals surface area (Å²) in [5.74, 6) is -0.215. The second kappa shape index (κ2) is 8.60. The Morgan fingerprint density at radius 1 is 1.28 bits per heavy atom. The molecule has 0 bridgehead atoms. The number of ether oxygens (including phenoxy) is 2. The fraction of sp³-hybridized carbons (Fsp3) is 0.263. The van der Waals surface area contributed by atoms with E-state index in [1.54, 1.807) is 36.4 Å². The minimum Gasteiger partial charge on any atom is -0.504 e. The van der Waals surface area contributed by atoms with Gasteiger partial charge in [0, 0.05) is 5.69 Å². The van der Waals surface area contributed by atoms with E-state index in [4.69, 9.17) is 9.47 Å². The van der Waals surface area contributed by atoms with Gasteiger partial charge in [0.05, 0.1) is 19.8 Å². The van der Waals surface area contributed by atoms with Crippen LogP contribution in [-0.2, 0) is 11.2 Å². The first kappa shape index (κ1) is 18.1. The molecule has 0 saturated carbocycles. The number of phenolic OH excluding ortho intramolecular Hbond substituents is 1. The maximum atomic E-state index is 12.3. The van der Waals surface area contributed by atoms with Crippen molar-refractivity contribution in [1.29, 1.82) is 5.26 Å². The molecule has 2 rings (SSSR count). The molecule has 1 atom stereocenters. The van der Waals surface area contributed by atoms with Gasteiger partial charge >= 0.3 is 0 Å². The molecule has 6 heteroatoms. The van der Waals surface area contributed by atoms with Crippen LogP contribution in [0.2, 0.25) is 0 Å². The molecule has 0 saturated heterocycles. The molecule has 1 unspecified atom stereocenters. The largest absolute Gasteiger partial charge is 0.504 e. The van der Waals surface area contributed by atoms with Crippen molar-refractivity contribution in [3.63, 3.8) is 0 Å². The number of aromatic hydroxyl groups is 1. The number of carbonyl (C=O) groups is 1. The zero-order chi connectivity index (χ0) is 18.2. The highest BCUT2D eigenvalue weighted by atomic mass is 16.5. The fourth-order valence-corrected chi connectivity index (χ4v) is 2.31. The molecule has 0 aliphatic heterocycles. The number of nitrogens with zero attached hydrogens (tertiary/aromatic N) is 1. The zero-order valence-electron chi connectivity index (χ0n) is 14.2. The van der Waals surface area contributed by atoms with Crippen LogP contribution in [0.4, 0.5) is 5.69 Å². The van der Waals surface area contributed by atoms with Gasteiger partial charge in [-0.3, -0.25) is 4.79 Å². The van der Waals surface area contributed by atoms with Crippen molar-refractivity contribution in [2.45, 2.75) is 13.3 Å². The molecule has 1 amide bonds. The van der Waals surface area contributed by atoms with Crippen molar-refractivity contribution in [1.82, 2.24) is 0 Å².